The van der Waals surface area contributed by atoms with Gasteiger partial charge < -0.3 is 5.21 Å². The number of para-hydroxylation sites is 1. The van der Waals surface area contributed by atoms with Gasteiger partial charge in [0.25, 0.3) is 10.0 Å². The highest BCUT2D eigenvalue weighted by molar-refractivity contribution is 7.93. The van der Waals surface area contributed by atoms with E-state index in [9.17, 15) is 13.6 Å². The van der Waals surface area contributed by atoms with Crippen molar-refractivity contribution >= 4 is 32.8 Å². The van der Waals surface area contributed by atoms with Gasteiger partial charge in [-0.15, -0.1) is 11.3 Å². The van der Waals surface area contributed by atoms with Crippen molar-refractivity contribution in [2.45, 2.75) is 4.90 Å². The van der Waals surface area contributed by atoms with Gasteiger partial charge >= 0.3 is 0 Å². The second kappa shape index (κ2) is 4.07. The molecule has 1 aromatic carbocycles. The molecule has 0 unspecified atom stereocenters. The van der Waals surface area contributed by atoms with Crippen LogP contribution in [0.3, 0.4) is 0 Å². The van der Waals surface area contributed by atoms with Crippen LogP contribution < -0.4 is 4.31 Å². The largest absolute Gasteiger partial charge is 0.410 e. The molecule has 7 heteroatoms. The number of hydrogen-bond acceptors (Lipinski definition) is 5. The number of hydrogen-bond donors (Lipinski definition) is 1. The zero-order valence-electron chi connectivity index (χ0n) is 9.94. The molecule has 2 heterocycles. The van der Waals surface area contributed by atoms with Crippen LogP contribution in [-0.2, 0) is 10.0 Å². The van der Waals surface area contributed by atoms with E-state index in [1.54, 1.807) is 29.6 Å². The van der Waals surface area contributed by atoms with Gasteiger partial charge in [0.2, 0.25) is 0 Å². The number of sulfonamides is 1. The molecule has 1 aliphatic heterocycles. The highest BCUT2D eigenvalue weighted by Crippen LogP contribution is 2.36. The summed E-state index contributed by atoms with van der Waals surface area (Å²) in [5.74, 6) is 0. The number of oxime groups is 1. The van der Waals surface area contributed by atoms with Crippen molar-refractivity contribution in [2.24, 2.45) is 5.16 Å². The summed E-state index contributed by atoms with van der Waals surface area (Å²) in [7, 11) is -2.12. The molecule has 5 nitrogen and oxygen atoms in total. The predicted molar refractivity (Wildman–Crippen MR) is 73.8 cm³/mol. The molecule has 3 rings (SSSR count). The van der Waals surface area contributed by atoms with Gasteiger partial charge in [-0.3, -0.25) is 4.31 Å². The third-order valence-corrected chi connectivity index (χ3v) is 5.95. The number of nitrogens with zero attached hydrogens (tertiary/aromatic N) is 2. The van der Waals surface area contributed by atoms with Crippen LogP contribution in [0.25, 0.3) is 0 Å². The van der Waals surface area contributed by atoms with Crippen LogP contribution in [0.2, 0.25) is 0 Å². The van der Waals surface area contributed by atoms with Crippen molar-refractivity contribution < 1.29 is 13.6 Å². The minimum absolute atomic E-state index is 0.170. The molecule has 1 aromatic heterocycles. The molecule has 0 spiro atoms. The normalized spacial score (nSPS) is 18.8. The second-order valence-corrected chi connectivity index (χ2v) is 6.91. The second-order valence-electron chi connectivity index (χ2n) is 4.05. The first kappa shape index (κ1) is 12.2. The van der Waals surface area contributed by atoms with Crippen LogP contribution in [0.5, 0.6) is 0 Å². The maximum atomic E-state index is 12.5. The predicted octanol–water partition coefficient (Wildman–Crippen LogP) is 2.11. The van der Waals surface area contributed by atoms with E-state index in [0.717, 1.165) is 0 Å². The average molecular weight is 294 g/mol. The molecule has 1 aliphatic rings. The molecule has 19 heavy (non-hydrogen) atoms. The Morgan fingerprint density at radius 1 is 1.26 bits per heavy atom. The molecular weight excluding hydrogens is 284 g/mol. The summed E-state index contributed by atoms with van der Waals surface area (Å²) < 4.78 is 26.2. The smallest absolute Gasteiger partial charge is 0.265 e. The van der Waals surface area contributed by atoms with E-state index in [0.29, 0.717) is 16.1 Å². The molecule has 0 aliphatic carbocycles. The number of thiophene rings is 1. The van der Waals surface area contributed by atoms with E-state index in [4.69, 9.17) is 0 Å². The number of rotatable bonds is 0. The van der Waals surface area contributed by atoms with Crippen LogP contribution >= 0.6 is 11.3 Å². The Morgan fingerprint density at radius 3 is 2.74 bits per heavy atom. The van der Waals surface area contributed by atoms with Gasteiger partial charge in [-0.05, 0) is 17.5 Å². The van der Waals surface area contributed by atoms with Crippen LogP contribution in [0.1, 0.15) is 10.4 Å². The summed E-state index contributed by atoms with van der Waals surface area (Å²) in [5.41, 5.74) is 1.38. The maximum absolute atomic E-state index is 12.5. The summed E-state index contributed by atoms with van der Waals surface area (Å²) >= 11 is 1.24. The fraction of sp³-hybridized carbons (Fsp3) is 0.0833. The van der Waals surface area contributed by atoms with Crippen LogP contribution in [0.15, 0.2) is 45.8 Å². The van der Waals surface area contributed by atoms with Crippen molar-refractivity contribution in [1.29, 1.82) is 0 Å². The van der Waals surface area contributed by atoms with E-state index >= 15 is 0 Å². The third-order valence-electron chi connectivity index (χ3n) is 3.08. The average Bonchev–Trinajstić information content (AvgIpc) is 2.87. The summed E-state index contributed by atoms with van der Waals surface area (Å²) in [6, 6.07) is 8.49. The van der Waals surface area contributed by atoms with Gasteiger partial charge in [0.15, 0.2) is 0 Å². The Labute approximate surface area is 114 Å². The molecule has 0 saturated heterocycles. The van der Waals surface area contributed by atoms with Crippen LogP contribution in [0, 0.1) is 0 Å². The molecule has 1 N–H and O–H groups in total. The first-order valence-electron chi connectivity index (χ1n) is 5.45. The third kappa shape index (κ3) is 1.58. The van der Waals surface area contributed by atoms with Crippen LogP contribution in [0.4, 0.5) is 5.69 Å². The van der Waals surface area contributed by atoms with Crippen molar-refractivity contribution in [1.82, 2.24) is 0 Å². The quantitative estimate of drug-likeness (QED) is 0.597. The molecule has 0 bridgehead atoms. The van der Waals surface area contributed by atoms with Crippen molar-refractivity contribution in [3.05, 3.63) is 46.2 Å². The maximum Gasteiger partial charge on any atom is 0.265 e. The highest BCUT2D eigenvalue weighted by atomic mass is 32.2. The summed E-state index contributed by atoms with van der Waals surface area (Å²) in [6.07, 6.45) is 0. The number of benzene rings is 1. The lowest BCUT2D eigenvalue weighted by Crippen LogP contribution is -2.26. The topological polar surface area (TPSA) is 70.0 Å². The zero-order chi connectivity index (χ0) is 13.6. The molecule has 0 saturated carbocycles. The summed E-state index contributed by atoms with van der Waals surface area (Å²) in [5, 5.41) is 14.2. The van der Waals surface area contributed by atoms with Gasteiger partial charge in [-0.2, -0.15) is 0 Å². The lowest BCUT2D eigenvalue weighted by molar-refractivity contribution is 0.319. The Kier molecular flexibility index (Phi) is 2.61. The van der Waals surface area contributed by atoms with Crippen molar-refractivity contribution in [2.75, 3.05) is 11.4 Å². The fourth-order valence-corrected chi connectivity index (χ4v) is 4.74. The monoisotopic (exact) mass is 294 g/mol. The zero-order valence-corrected chi connectivity index (χ0v) is 11.6. The van der Waals surface area contributed by atoms with Gasteiger partial charge in [-0.1, -0.05) is 23.4 Å². The first-order chi connectivity index (χ1) is 9.07. The van der Waals surface area contributed by atoms with Crippen molar-refractivity contribution in [3.8, 4) is 0 Å². The molecule has 0 radical (unpaired) electrons. The van der Waals surface area contributed by atoms with Gasteiger partial charge in [0.1, 0.15) is 10.6 Å². The Hall–Kier alpha value is -1.86. The molecular formula is C12H10N2O3S2. The van der Waals surface area contributed by atoms with Crippen molar-refractivity contribution in [3.63, 3.8) is 0 Å². The minimum Gasteiger partial charge on any atom is -0.410 e. The Balaban J connectivity index is 2.46. The lowest BCUT2D eigenvalue weighted by Gasteiger charge is -2.18. The molecule has 98 valence electrons. The number of fused-ring (bicyclic) bond motifs is 2. The molecule has 0 atom stereocenters. The first-order valence-corrected chi connectivity index (χ1v) is 7.77. The van der Waals surface area contributed by atoms with E-state index in [1.807, 2.05) is 0 Å². The SMILES string of the molecule is CN1c2ccccc2/C(=N\O)c2sccc2S1(=O)=O. The van der Waals surface area contributed by atoms with Gasteiger partial charge in [-0.25, -0.2) is 8.42 Å². The van der Waals surface area contributed by atoms with E-state index in [-0.39, 0.29) is 10.6 Å². The van der Waals surface area contributed by atoms with Gasteiger partial charge in [0, 0.05) is 12.6 Å². The molecule has 0 fully saturated rings. The van der Waals surface area contributed by atoms with E-state index in [2.05, 4.69) is 5.16 Å². The van der Waals surface area contributed by atoms with Crippen LogP contribution in [-0.4, -0.2) is 26.4 Å². The van der Waals surface area contributed by atoms with Gasteiger partial charge in [0.05, 0.1) is 10.6 Å². The van der Waals surface area contributed by atoms with E-state index < -0.39 is 10.0 Å². The summed E-state index contributed by atoms with van der Waals surface area (Å²) in [4.78, 5) is 0.628. The highest BCUT2D eigenvalue weighted by Gasteiger charge is 2.34. The lowest BCUT2D eigenvalue weighted by atomic mass is 10.1. The fourth-order valence-electron chi connectivity index (χ4n) is 2.12. The molecule has 0 amide bonds. The van der Waals surface area contributed by atoms with E-state index in [1.165, 1.54) is 28.8 Å². The Bertz CT molecular complexity index is 778. The summed E-state index contributed by atoms with van der Waals surface area (Å²) in [6.45, 7) is 0. The molecule has 2 aromatic rings. The Morgan fingerprint density at radius 2 is 2.00 bits per heavy atom. The standard InChI is InChI=1S/C12H10N2O3S2/c1-14-9-5-3-2-4-8(9)11(13-15)12-10(6-7-18-12)19(14,16)17/h2-7,15H,1H3/b13-11+. The minimum atomic E-state index is -3.62. The number of anilines is 1.